The quantitative estimate of drug-likeness (QED) is 0.301. The highest BCUT2D eigenvalue weighted by molar-refractivity contribution is 5.89. The van der Waals surface area contributed by atoms with E-state index in [-0.39, 0.29) is 11.9 Å². The van der Waals surface area contributed by atoms with E-state index in [1.165, 1.54) is 12.7 Å². The fourth-order valence-corrected chi connectivity index (χ4v) is 3.37. The van der Waals surface area contributed by atoms with Gasteiger partial charge in [0.05, 0.1) is 12.7 Å². The van der Waals surface area contributed by atoms with Crippen molar-refractivity contribution < 1.29 is 19.1 Å². The Morgan fingerprint density at radius 2 is 1.35 bits per heavy atom. The number of hydrogen-bond acceptors (Lipinski definition) is 4. The lowest BCUT2D eigenvalue weighted by Gasteiger charge is -2.07. The van der Waals surface area contributed by atoms with Gasteiger partial charge in [0, 0.05) is 6.42 Å². The van der Waals surface area contributed by atoms with Crippen LogP contribution in [0.5, 0.6) is 0 Å². The van der Waals surface area contributed by atoms with Crippen LogP contribution in [-0.4, -0.2) is 19.0 Å². The van der Waals surface area contributed by atoms with Crippen LogP contribution in [0.15, 0.2) is 78.9 Å². The minimum Gasteiger partial charge on any atom is -0.465 e. The molecule has 0 aliphatic heterocycles. The molecule has 0 fully saturated rings. The Bertz CT molecular complexity index is 960. The number of esters is 2. The first-order valence-corrected chi connectivity index (χ1v) is 10.6. The molecule has 3 aromatic rings. The van der Waals surface area contributed by atoms with E-state index in [9.17, 15) is 9.59 Å². The Balaban J connectivity index is 1.36. The van der Waals surface area contributed by atoms with Gasteiger partial charge in [-0.1, -0.05) is 73.2 Å². The number of benzene rings is 3. The van der Waals surface area contributed by atoms with E-state index in [1.807, 2.05) is 42.5 Å². The Morgan fingerprint density at radius 3 is 2.00 bits per heavy atom. The smallest absolute Gasteiger partial charge is 0.337 e. The summed E-state index contributed by atoms with van der Waals surface area (Å²) in [7, 11) is 1.38. The van der Waals surface area contributed by atoms with E-state index in [2.05, 4.69) is 24.3 Å². The van der Waals surface area contributed by atoms with Crippen molar-refractivity contribution in [2.24, 2.45) is 0 Å². The highest BCUT2D eigenvalue weighted by atomic mass is 16.5. The summed E-state index contributed by atoms with van der Waals surface area (Å²) in [5, 5.41) is 0. The molecule has 0 bridgehead atoms. The second-order valence-electron chi connectivity index (χ2n) is 7.47. The predicted molar refractivity (Wildman–Crippen MR) is 122 cm³/mol. The van der Waals surface area contributed by atoms with E-state index in [0.29, 0.717) is 18.6 Å². The van der Waals surface area contributed by atoms with Crippen LogP contribution in [0.25, 0.3) is 11.1 Å². The van der Waals surface area contributed by atoms with Gasteiger partial charge in [0.15, 0.2) is 0 Å². The number of methoxy groups -OCH3 is 1. The summed E-state index contributed by atoms with van der Waals surface area (Å²) < 4.78 is 10.0. The van der Waals surface area contributed by atoms with Gasteiger partial charge in [-0.15, -0.1) is 0 Å². The second kappa shape index (κ2) is 11.7. The van der Waals surface area contributed by atoms with Crippen LogP contribution in [0, 0.1) is 0 Å². The maximum absolute atomic E-state index is 11.8. The lowest BCUT2D eigenvalue weighted by molar-refractivity contribution is -0.145. The number of aryl methyl sites for hydroxylation is 1. The van der Waals surface area contributed by atoms with E-state index >= 15 is 0 Å². The third-order valence-corrected chi connectivity index (χ3v) is 5.18. The first-order valence-electron chi connectivity index (χ1n) is 10.6. The van der Waals surface area contributed by atoms with Crippen molar-refractivity contribution in [2.45, 2.75) is 38.7 Å². The van der Waals surface area contributed by atoms with Gasteiger partial charge < -0.3 is 9.47 Å². The lowest BCUT2D eigenvalue weighted by atomic mass is 10.0. The molecule has 0 amide bonds. The van der Waals surface area contributed by atoms with Gasteiger partial charge in [-0.25, -0.2) is 4.79 Å². The summed E-state index contributed by atoms with van der Waals surface area (Å²) in [6, 6.07) is 25.6. The Labute approximate surface area is 183 Å². The average molecular weight is 417 g/mol. The molecule has 0 aliphatic carbocycles. The van der Waals surface area contributed by atoms with E-state index in [1.54, 1.807) is 12.1 Å². The maximum atomic E-state index is 11.8. The molecule has 0 aliphatic rings. The summed E-state index contributed by atoms with van der Waals surface area (Å²) in [5.74, 6) is -0.460. The van der Waals surface area contributed by atoms with Gasteiger partial charge in [-0.3, -0.25) is 4.79 Å². The highest BCUT2D eigenvalue weighted by Gasteiger charge is 2.06. The van der Waals surface area contributed by atoms with Crippen LogP contribution < -0.4 is 0 Å². The van der Waals surface area contributed by atoms with Gasteiger partial charge in [-0.2, -0.15) is 0 Å². The first-order chi connectivity index (χ1) is 15.2. The third kappa shape index (κ3) is 7.10. The summed E-state index contributed by atoms with van der Waals surface area (Å²) in [6.45, 7) is 0.345. The fourth-order valence-electron chi connectivity index (χ4n) is 3.37. The summed E-state index contributed by atoms with van der Waals surface area (Å²) >= 11 is 0. The van der Waals surface area contributed by atoms with Gasteiger partial charge in [0.1, 0.15) is 6.61 Å². The standard InChI is InChI=1S/C27H28O4/c1-30-27(29)25-18-16-24(17-19-25)23-14-12-21(13-15-23)8-4-3-7-11-26(28)31-20-22-9-5-2-6-10-22/h2,5-6,9-10,12-19H,3-4,7-8,11,20H2,1H3. The number of carbonyl (C=O) groups excluding carboxylic acids is 2. The molecule has 0 spiro atoms. The van der Waals surface area contributed by atoms with Gasteiger partial charge in [0.25, 0.3) is 0 Å². The number of ether oxygens (including phenoxy) is 2. The largest absolute Gasteiger partial charge is 0.465 e. The summed E-state index contributed by atoms with van der Waals surface area (Å²) in [5.41, 5.74) is 5.02. The number of unbranched alkanes of at least 4 members (excludes halogenated alkanes) is 2. The highest BCUT2D eigenvalue weighted by Crippen LogP contribution is 2.21. The summed E-state index contributed by atoms with van der Waals surface area (Å²) in [4.78, 5) is 23.4. The Morgan fingerprint density at radius 1 is 0.710 bits per heavy atom. The zero-order valence-electron chi connectivity index (χ0n) is 17.9. The molecule has 3 rings (SSSR count). The van der Waals surface area contributed by atoms with Crippen LogP contribution in [0.4, 0.5) is 0 Å². The molecule has 3 aromatic carbocycles. The molecule has 4 heteroatoms. The molecular weight excluding hydrogens is 388 g/mol. The van der Waals surface area contributed by atoms with Crippen molar-refractivity contribution in [3.05, 3.63) is 95.6 Å². The minimum atomic E-state index is -0.327. The predicted octanol–water partition coefficient (Wildman–Crippen LogP) is 5.99. The van der Waals surface area contributed by atoms with Crippen LogP contribution in [0.1, 0.15) is 47.2 Å². The SMILES string of the molecule is COC(=O)c1ccc(-c2ccc(CCCCCC(=O)OCc3ccccc3)cc2)cc1. The molecule has 0 saturated carbocycles. The van der Waals surface area contributed by atoms with Gasteiger partial charge in [-0.05, 0) is 53.6 Å². The monoisotopic (exact) mass is 416 g/mol. The van der Waals surface area contributed by atoms with Crippen LogP contribution in [0.3, 0.4) is 0 Å². The molecule has 0 heterocycles. The number of hydrogen-bond donors (Lipinski definition) is 0. The van der Waals surface area contributed by atoms with Crippen molar-refractivity contribution in [1.29, 1.82) is 0 Å². The van der Waals surface area contributed by atoms with Crippen molar-refractivity contribution in [3.8, 4) is 11.1 Å². The maximum Gasteiger partial charge on any atom is 0.337 e. The van der Waals surface area contributed by atoms with Crippen molar-refractivity contribution in [3.63, 3.8) is 0 Å². The van der Waals surface area contributed by atoms with E-state index in [0.717, 1.165) is 42.4 Å². The zero-order valence-corrected chi connectivity index (χ0v) is 17.9. The summed E-state index contributed by atoms with van der Waals surface area (Å²) in [6.07, 6.45) is 4.34. The van der Waals surface area contributed by atoms with Gasteiger partial charge >= 0.3 is 11.9 Å². The Kier molecular flexibility index (Phi) is 8.41. The molecule has 0 aromatic heterocycles. The van der Waals surface area contributed by atoms with Crippen molar-refractivity contribution >= 4 is 11.9 Å². The second-order valence-corrected chi connectivity index (χ2v) is 7.47. The number of rotatable bonds is 10. The third-order valence-electron chi connectivity index (χ3n) is 5.18. The topological polar surface area (TPSA) is 52.6 Å². The number of carbonyl (C=O) groups is 2. The molecule has 31 heavy (non-hydrogen) atoms. The van der Waals surface area contributed by atoms with Gasteiger partial charge in [0.2, 0.25) is 0 Å². The van der Waals surface area contributed by atoms with Crippen molar-refractivity contribution in [2.75, 3.05) is 7.11 Å². The first kappa shape index (κ1) is 22.3. The molecular formula is C27H28O4. The molecule has 4 nitrogen and oxygen atoms in total. The average Bonchev–Trinajstić information content (AvgIpc) is 2.83. The van der Waals surface area contributed by atoms with Crippen LogP contribution in [0.2, 0.25) is 0 Å². The molecule has 0 atom stereocenters. The molecule has 0 radical (unpaired) electrons. The molecule has 0 N–H and O–H groups in total. The molecule has 0 unspecified atom stereocenters. The molecule has 0 saturated heterocycles. The Hall–Kier alpha value is -3.40. The minimum absolute atomic E-state index is 0.133. The molecule has 160 valence electrons. The van der Waals surface area contributed by atoms with Crippen LogP contribution in [-0.2, 0) is 27.3 Å². The fraction of sp³-hybridized carbons (Fsp3) is 0.259. The van der Waals surface area contributed by atoms with Crippen molar-refractivity contribution in [1.82, 2.24) is 0 Å². The zero-order chi connectivity index (χ0) is 21.9. The lowest BCUT2D eigenvalue weighted by Crippen LogP contribution is -2.04. The van der Waals surface area contributed by atoms with E-state index in [4.69, 9.17) is 9.47 Å². The van der Waals surface area contributed by atoms with Crippen LogP contribution >= 0.6 is 0 Å². The van der Waals surface area contributed by atoms with E-state index < -0.39 is 0 Å². The normalized spacial score (nSPS) is 10.5.